The minimum absolute atomic E-state index is 0.178. The molecule has 1 N–H and O–H groups in total. The van der Waals surface area contributed by atoms with Gasteiger partial charge < -0.3 is 14.0 Å². The summed E-state index contributed by atoms with van der Waals surface area (Å²) in [7, 11) is -4.23. The van der Waals surface area contributed by atoms with E-state index in [0.717, 1.165) is 19.4 Å². The van der Waals surface area contributed by atoms with Crippen LogP contribution >= 0.6 is 0 Å². The summed E-state index contributed by atoms with van der Waals surface area (Å²) in [5.41, 5.74) is 3.59. The quantitative estimate of drug-likeness (QED) is 0.0858. The number of aliphatic hydroxyl groups excluding tert-OH is 1. The molecule has 1 rings (SSSR count). The van der Waals surface area contributed by atoms with Gasteiger partial charge in [-0.25, -0.2) is 0 Å². The first-order valence-corrected chi connectivity index (χ1v) is 24.9. The Labute approximate surface area is 241 Å². The lowest BCUT2D eigenvalue weighted by atomic mass is 9.85. The molecule has 1 fully saturated rings. The van der Waals surface area contributed by atoms with E-state index in [0.29, 0.717) is 17.8 Å². The van der Waals surface area contributed by atoms with Crippen LogP contribution in [0.25, 0.3) is 0 Å². The summed E-state index contributed by atoms with van der Waals surface area (Å²) in [6, 6.07) is 0. The van der Waals surface area contributed by atoms with Gasteiger partial charge in [-0.1, -0.05) is 85.2 Å². The maximum absolute atomic E-state index is 10.4. The highest BCUT2D eigenvalue weighted by molar-refractivity contribution is 6.83. The molecule has 0 aromatic heterocycles. The second-order valence-corrected chi connectivity index (χ2v) is 26.6. The summed E-state index contributed by atoms with van der Waals surface area (Å²) < 4.78 is 12.9. The second kappa shape index (κ2) is 16.9. The third-order valence-electron chi connectivity index (χ3n) is 8.56. The maximum Gasteiger partial charge on any atom is 0.192 e. The van der Waals surface area contributed by atoms with Crippen molar-refractivity contribution < 1.29 is 14.0 Å². The topological polar surface area (TPSA) is 38.7 Å². The van der Waals surface area contributed by atoms with Crippen molar-refractivity contribution in [3.05, 3.63) is 12.2 Å². The van der Waals surface area contributed by atoms with E-state index in [9.17, 15) is 5.11 Å². The Kier molecular flexibility index (Phi) is 16.0. The molecule has 6 heteroatoms. The number of allylic oxidation sites excluding steroid dienone is 1. The van der Waals surface area contributed by atoms with Crippen LogP contribution in [0.4, 0.5) is 0 Å². The molecule has 1 aliphatic rings. The van der Waals surface area contributed by atoms with E-state index in [2.05, 4.69) is 97.1 Å². The number of unbranched alkanes of at least 4 members (excludes halogenated alkanes) is 3. The Morgan fingerprint density at radius 2 is 1.68 bits per heavy atom. The van der Waals surface area contributed by atoms with Crippen molar-refractivity contribution >= 4 is 25.4 Å². The van der Waals surface area contributed by atoms with Crippen LogP contribution in [0.5, 0.6) is 0 Å². The smallest absolute Gasteiger partial charge is 0.192 e. The summed E-state index contributed by atoms with van der Waals surface area (Å²) in [4.78, 5) is 0. The summed E-state index contributed by atoms with van der Waals surface area (Å²) in [5.74, 6) is 5.19. The monoisotopic (exact) mass is 580 g/mol. The third-order valence-corrected chi connectivity index (χ3v) is 14.9. The zero-order valence-electron chi connectivity index (χ0n) is 27.2. The van der Waals surface area contributed by atoms with E-state index >= 15 is 0 Å². The van der Waals surface area contributed by atoms with Crippen molar-refractivity contribution in [2.75, 3.05) is 13.2 Å². The zero-order chi connectivity index (χ0) is 29.0. The molecule has 0 bridgehead atoms. The highest BCUT2D eigenvalue weighted by Gasteiger charge is 2.47. The fourth-order valence-electron chi connectivity index (χ4n) is 5.21. The van der Waals surface area contributed by atoms with Crippen molar-refractivity contribution in [2.45, 2.75) is 142 Å². The minimum atomic E-state index is -1.92. The number of hydrogen-bond acceptors (Lipinski definition) is 3. The highest BCUT2D eigenvalue weighted by Crippen LogP contribution is 2.46. The molecule has 0 unspecified atom stereocenters. The van der Waals surface area contributed by atoms with Crippen LogP contribution in [-0.2, 0) is 8.85 Å². The Morgan fingerprint density at radius 3 is 2.24 bits per heavy atom. The Bertz CT molecular complexity index is 740. The molecule has 1 aliphatic carbocycles. The second-order valence-electron chi connectivity index (χ2n) is 14.6. The van der Waals surface area contributed by atoms with Gasteiger partial charge in [0, 0.05) is 25.6 Å². The molecule has 0 spiro atoms. The van der Waals surface area contributed by atoms with E-state index in [4.69, 9.17) is 8.85 Å². The Hall–Kier alpha value is -0.169. The highest BCUT2D eigenvalue weighted by atomic mass is 28.4. The molecule has 0 saturated heterocycles. The molecular formula is C32H64O3Si3. The van der Waals surface area contributed by atoms with Crippen molar-refractivity contribution in [2.24, 2.45) is 23.7 Å². The van der Waals surface area contributed by atoms with E-state index in [-0.39, 0.29) is 23.7 Å². The average Bonchev–Trinajstić information content (AvgIpc) is 3.11. The molecular weight excluding hydrogens is 517 g/mol. The van der Waals surface area contributed by atoms with E-state index in [1.807, 2.05) is 0 Å². The van der Waals surface area contributed by atoms with Gasteiger partial charge in [-0.15, -0.1) is 11.5 Å². The van der Waals surface area contributed by atoms with Crippen LogP contribution in [0.2, 0.25) is 50.9 Å². The standard InChI is InChI=1S/C32H64O3Si3/c1-12-13-18-27(19-15-14-16-23-34-36(5)6)21-22-30-29(20-17-24-37(7,8)9)28(26-33)25-31(30)35-38(10,11)32(2,3)4/h21-22,27-31,33,36H,12-16,18-20,23,25-26H2,1-11H3/b22-21+/t27-,28-,29+,30+,31+/m0/s1. The van der Waals surface area contributed by atoms with Crippen LogP contribution in [0, 0.1) is 35.1 Å². The number of aliphatic hydroxyl groups is 1. The summed E-state index contributed by atoms with van der Waals surface area (Å²) in [6.45, 7) is 26.6. The largest absolute Gasteiger partial charge is 0.421 e. The van der Waals surface area contributed by atoms with Gasteiger partial charge in [-0.2, -0.15) is 0 Å². The van der Waals surface area contributed by atoms with Gasteiger partial charge in [0.05, 0.1) is 6.10 Å². The molecule has 0 amide bonds. The van der Waals surface area contributed by atoms with Gasteiger partial charge in [0.1, 0.15) is 8.07 Å². The van der Waals surface area contributed by atoms with Gasteiger partial charge in [0.2, 0.25) is 0 Å². The lowest BCUT2D eigenvalue weighted by molar-refractivity contribution is 0.148. The molecule has 0 radical (unpaired) electrons. The molecule has 5 atom stereocenters. The predicted molar refractivity (Wildman–Crippen MR) is 175 cm³/mol. The van der Waals surface area contributed by atoms with Crippen LogP contribution in [0.3, 0.4) is 0 Å². The first-order valence-electron chi connectivity index (χ1n) is 15.7. The van der Waals surface area contributed by atoms with Gasteiger partial charge in [0.15, 0.2) is 17.4 Å². The SMILES string of the molecule is CCCC[C@H](/C=C/[C@@H]1[C@H](CC#C[Si](C)(C)C)[C@H](CO)C[C@H]1O[Si](C)(C)C(C)(C)C)CCCCCO[SiH](C)C. The fraction of sp³-hybridized carbons (Fsp3) is 0.875. The van der Waals surface area contributed by atoms with Crippen molar-refractivity contribution in [1.29, 1.82) is 0 Å². The first-order chi connectivity index (χ1) is 17.6. The van der Waals surface area contributed by atoms with Crippen LogP contribution in [-0.4, -0.2) is 49.9 Å². The third kappa shape index (κ3) is 13.5. The summed E-state index contributed by atoms with van der Waals surface area (Å²) in [6.07, 6.45) is 15.9. The van der Waals surface area contributed by atoms with Gasteiger partial charge in [-0.05, 0) is 74.7 Å². The molecule has 3 nitrogen and oxygen atoms in total. The molecule has 0 aromatic carbocycles. The molecule has 0 aromatic rings. The van der Waals surface area contributed by atoms with Crippen molar-refractivity contribution in [3.8, 4) is 11.5 Å². The molecule has 222 valence electrons. The van der Waals surface area contributed by atoms with Gasteiger partial charge >= 0.3 is 0 Å². The number of hydrogen-bond donors (Lipinski definition) is 1. The van der Waals surface area contributed by atoms with Crippen LogP contribution in [0.15, 0.2) is 12.2 Å². The zero-order valence-corrected chi connectivity index (χ0v) is 30.3. The van der Waals surface area contributed by atoms with Crippen LogP contribution in [0.1, 0.15) is 85.5 Å². The van der Waals surface area contributed by atoms with Gasteiger partial charge in [0.25, 0.3) is 0 Å². The fourth-order valence-corrected chi connectivity index (χ4v) is 7.84. The molecule has 1 saturated carbocycles. The molecule has 38 heavy (non-hydrogen) atoms. The minimum Gasteiger partial charge on any atom is -0.421 e. The lowest BCUT2D eigenvalue weighted by Gasteiger charge is -2.40. The van der Waals surface area contributed by atoms with E-state index < -0.39 is 25.4 Å². The van der Waals surface area contributed by atoms with Crippen molar-refractivity contribution in [3.63, 3.8) is 0 Å². The molecule has 0 heterocycles. The lowest BCUT2D eigenvalue weighted by Crippen LogP contribution is -2.45. The Morgan fingerprint density at radius 1 is 1.03 bits per heavy atom. The summed E-state index contributed by atoms with van der Waals surface area (Å²) >= 11 is 0. The van der Waals surface area contributed by atoms with E-state index in [1.54, 1.807) is 0 Å². The maximum atomic E-state index is 10.4. The van der Waals surface area contributed by atoms with Gasteiger partial charge in [-0.3, -0.25) is 0 Å². The average molecular weight is 581 g/mol. The normalized spacial score (nSPS) is 23.7. The van der Waals surface area contributed by atoms with Crippen molar-refractivity contribution in [1.82, 2.24) is 0 Å². The summed E-state index contributed by atoms with van der Waals surface area (Å²) in [5, 5.41) is 10.6. The molecule has 0 aliphatic heterocycles. The van der Waals surface area contributed by atoms with Crippen LogP contribution < -0.4 is 0 Å². The first kappa shape index (κ1) is 35.9. The Balaban J connectivity index is 3.11. The van der Waals surface area contributed by atoms with E-state index in [1.165, 1.54) is 44.9 Å². The number of rotatable bonds is 16. The predicted octanol–water partition coefficient (Wildman–Crippen LogP) is 8.82.